The zero-order valence-corrected chi connectivity index (χ0v) is 10.6. The van der Waals surface area contributed by atoms with E-state index in [-0.39, 0.29) is 0 Å². The van der Waals surface area contributed by atoms with Crippen LogP contribution in [0.4, 0.5) is 0 Å². The summed E-state index contributed by atoms with van der Waals surface area (Å²) in [6, 6.07) is 8.14. The Morgan fingerprint density at radius 3 is 2.71 bits per heavy atom. The maximum absolute atomic E-state index is 10.4. The van der Waals surface area contributed by atoms with Crippen LogP contribution in [-0.2, 0) is 6.42 Å². The molecule has 2 heteroatoms. The van der Waals surface area contributed by atoms with E-state index in [1.807, 2.05) is 12.1 Å². The standard InChI is InChI=1S/C15H22O2/c1-17-14-7-5-6-13(12-14)8-11-15(16)9-3-2-4-10-15/h5-7,12,16H,2-4,8-11H2,1H3. The highest BCUT2D eigenvalue weighted by atomic mass is 16.5. The second-order valence-electron chi connectivity index (χ2n) is 5.14. The van der Waals surface area contributed by atoms with Crippen molar-refractivity contribution in [2.75, 3.05) is 7.11 Å². The molecule has 0 bridgehead atoms. The normalized spacial score (nSPS) is 18.9. The van der Waals surface area contributed by atoms with Crippen molar-refractivity contribution < 1.29 is 9.84 Å². The molecule has 0 radical (unpaired) electrons. The van der Waals surface area contributed by atoms with Crippen LogP contribution in [0.15, 0.2) is 24.3 Å². The molecule has 94 valence electrons. The summed E-state index contributed by atoms with van der Waals surface area (Å²) in [5.74, 6) is 0.901. The van der Waals surface area contributed by atoms with Crippen LogP contribution in [0.5, 0.6) is 5.75 Å². The topological polar surface area (TPSA) is 29.5 Å². The van der Waals surface area contributed by atoms with Gasteiger partial charge in [-0.1, -0.05) is 31.4 Å². The summed E-state index contributed by atoms with van der Waals surface area (Å²) in [6.45, 7) is 0. The summed E-state index contributed by atoms with van der Waals surface area (Å²) in [7, 11) is 1.69. The van der Waals surface area contributed by atoms with Crippen molar-refractivity contribution >= 4 is 0 Å². The zero-order chi connectivity index (χ0) is 12.1. The van der Waals surface area contributed by atoms with Gasteiger partial charge in [0.05, 0.1) is 12.7 Å². The quantitative estimate of drug-likeness (QED) is 0.866. The molecular weight excluding hydrogens is 212 g/mol. The molecule has 0 spiro atoms. The number of aliphatic hydroxyl groups is 1. The van der Waals surface area contributed by atoms with Gasteiger partial charge in [-0.05, 0) is 43.4 Å². The molecule has 1 aliphatic carbocycles. The maximum atomic E-state index is 10.4. The van der Waals surface area contributed by atoms with Gasteiger partial charge in [-0.25, -0.2) is 0 Å². The van der Waals surface area contributed by atoms with Crippen LogP contribution in [0.2, 0.25) is 0 Å². The molecular formula is C15H22O2. The van der Waals surface area contributed by atoms with Gasteiger partial charge in [0.1, 0.15) is 5.75 Å². The van der Waals surface area contributed by atoms with E-state index in [0.717, 1.165) is 31.4 Å². The molecule has 17 heavy (non-hydrogen) atoms. The number of aryl methyl sites for hydroxylation is 1. The Bertz CT molecular complexity index is 354. The van der Waals surface area contributed by atoms with Crippen LogP contribution >= 0.6 is 0 Å². The second-order valence-corrected chi connectivity index (χ2v) is 5.14. The Balaban J connectivity index is 1.92. The predicted octanol–water partition coefficient (Wildman–Crippen LogP) is 3.32. The van der Waals surface area contributed by atoms with Gasteiger partial charge in [0.25, 0.3) is 0 Å². The highest BCUT2D eigenvalue weighted by Gasteiger charge is 2.28. The van der Waals surface area contributed by atoms with Gasteiger partial charge >= 0.3 is 0 Å². The van der Waals surface area contributed by atoms with Crippen LogP contribution in [-0.4, -0.2) is 17.8 Å². The van der Waals surface area contributed by atoms with Crippen LogP contribution in [0.1, 0.15) is 44.1 Å². The van der Waals surface area contributed by atoms with Gasteiger partial charge in [-0.3, -0.25) is 0 Å². The molecule has 2 rings (SSSR count). The first kappa shape index (κ1) is 12.4. The predicted molar refractivity (Wildman–Crippen MR) is 69.3 cm³/mol. The van der Waals surface area contributed by atoms with Crippen molar-refractivity contribution in [3.63, 3.8) is 0 Å². The minimum absolute atomic E-state index is 0.415. The first-order valence-electron chi connectivity index (χ1n) is 6.57. The van der Waals surface area contributed by atoms with Crippen molar-refractivity contribution in [3.8, 4) is 5.75 Å². The summed E-state index contributed by atoms with van der Waals surface area (Å²) < 4.78 is 5.21. The summed E-state index contributed by atoms with van der Waals surface area (Å²) >= 11 is 0. The Morgan fingerprint density at radius 1 is 1.24 bits per heavy atom. The molecule has 1 saturated carbocycles. The fraction of sp³-hybridized carbons (Fsp3) is 0.600. The molecule has 0 heterocycles. The fourth-order valence-electron chi connectivity index (χ4n) is 2.66. The van der Waals surface area contributed by atoms with E-state index in [1.54, 1.807) is 7.11 Å². The number of hydrogen-bond donors (Lipinski definition) is 1. The van der Waals surface area contributed by atoms with Gasteiger partial charge in [0.15, 0.2) is 0 Å². The number of hydrogen-bond acceptors (Lipinski definition) is 2. The van der Waals surface area contributed by atoms with Crippen molar-refractivity contribution in [1.29, 1.82) is 0 Å². The molecule has 1 N–H and O–H groups in total. The van der Waals surface area contributed by atoms with Gasteiger partial charge in [0.2, 0.25) is 0 Å². The SMILES string of the molecule is COc1cccc(CCC2(O)CCCCC2)c1. The summed E-state index contributed by atoms with van der Waals surface area (Å²) in [5, 5.41) is 10.4. The molecule has 2 nitrogen and oxygen atoms in total. The first-order valence-corrected chi connectivity index (χ1v) is 6.57. The molecule has 0 aromatic heterocycles. The van der Waals surface area contributed by atoms with E-state index in [1.165, 1.54) is 24.8 Å². The largest absolute Gasteiger partial charge is 0.497 e. The number of ether oxygens (including phenoxy) is 1. The number of benzene rings is 1. The third-order valence-electron chi connectivity index (χ3n) is 3.80. The Kier molecular flexibility index (Phi) is 4.06. The summed E-state index contributed by atoms with van der Waals surface area (Å²) in [4.78, 5) is 0. The van der Waals surface area contributed by atoms with Gasteiger partial charge in [0, 0.05) is 0 Å². The highest BCUT2D eigenvalue weighted by Crippen LogP contribution is 2.32. The fourth-order valence-corrected chi connectivity index (χ4v) is 2.66. The van der Waals surface area contributed by atoms with E-state index in [0.29, 0.717) is 0 Å². The third kappa shape index (κ3) is 3.47. The summed E-state index contributed by atoms with van der Waals surface area (Å²) in [6.07, 6.45) is 7.38. The molecule has 1 aromatic carbocycles. The lowest BCUT2D eigenvalue weighted by Gasteiger charge is -2.32. The van der Waals surface area contributed by atoms with Crippen LogP contribution < -0.4 is 4.74 Å². The molecule has 1 fully saturated rings. The molecule has 0 unspecified atom stereocenters. The van der Waals surface area contributed by atoms with Gasteiger partial charge in [-0.15, -0.1) is 0 Å². The minimum atomic E-state index is -0.415. The van der Waals surface area contributed by atoms with Crippen LogP contribution in [0, 0.1) is 0 Å². The van der Waals surface area contributed by atoms with Crippen molar-refractivity contribution in [2.24, 2.45) is 0 Å². The van der Waals surface area contributed by atoms with E-state index >= 15 is 0 Å². The van der Waals surface area contributed by atoms with Crippen LogP contribution in [0.25, 0.3) is 0 Å². The molecule has 0 saturated heterocycles. The van der Waals surface area contributed by atoms with Crippen LogP contribution in [0.3, 0.4) is 0 Å². The zero-order valence-electron chi connectivity index (χ0n) is 10.6. The molecule has 0 amide bonds. The average Bonchev–Trinajstić information content (AvgIpc) is 2.38. The average molecular weight is 234 g/mol. The van der Waals surface area contributed by atoms with Crippen molar-refractivity contribution in [3.05, 3.63) is 29.8 Å². The van der Waals surface area contributed by atoms with Gasteiger partial charge in [-0.2, -0.15) is 0 Å². The van der Waals surface area contributed by atoms with Crippen molar-refractivity contribution in [2.45, 2.75) is 50.5 Å². The molecule has 0 atom stereocenters. The lowest BCUT2D eigenvalue weighted by atomic mass is 9.81. The van der Waals surface area contributed by atoms with E-state index in [2.05, 4.69) is 12.1 Å². The Hall–Kier alpha value is -1.02. The van der Waals surface area contributed by atoms with E-state index < -0.39 is 5.60 Å². The van der Waals surface area contributed by atoms with Gasteiger partial charge < -0.3 is 9.84 Å². The Labute approximate surface area is 104 Å². The molecule has 1 aromatic rings. The van der Waals surface area contributed by atoms with Crippen molar-refractivity contribution in [1.82, 2.24) is 0 Å². The van der Waals surface area contributed by atoms with E-state index in [9.17, 15) is 5.11 Å². The number of rotatable bonds is 4. The lowest BCUT2D eigenvalue weighted by molar-refractivity contribution is -0.00342. The highest BCUT2D eigenvalue weighted by molar-refractivity contribution is 5.28. The first-order chi connectivity index (χ1) is 8.22. The molecule has 0 aliphatic heterocycles. The van der Waals surface area contributed by atoms with E-state index in [4.69, 9.17) is 4.74 Å². The third-order valence-corrected chi connectivity index (χ3v) is 3.80. The Morgan fingerprint density at radius 2 is 2.00 bits per heavy atom. The number of methoxy groups -OCH3 is 1. The lowest BCUT2D eigenvalue weighted by Crippen LogP contribution is -2.31. The minimum Gasteiger partial charge on any atom is -0.497 e. The molecule has 1 aliphatic rings. The second kappa shape index (κ2) is 5.54. The smallest absolute Gasteiger partial charge is 0.119 e. The summed E-state index contributed by atoms with van der Waals surface area (Å²) in [5.41, 5.74) is 0.838. The maximum Gasteiger partial charge on any atom is 0.119 e. The monoisotopic (exact) mass is 234 g/mol.